The average molecular weight is 400 g/mol. The lowest BCUT2D eigenvalue weighted by molar-refractivity contribution is 0.277. The van der Waals surface area contributed by atoms with Crippen molar-refractivity contribution in [2.24, 2.45) is 0 Å². The summed E-state index contributed by atoms with van der Waals surface area (Å²) in [4.78, 5) is 12.0. The van der Waals surface area contributed by atoms with Gasteiger partial charge >= 0.3 is 4.87 Å². The standard InChI is InChI=1S/C15H12BrClN2O2S/c1-3-8(2)21-13-7-12(11(17)6-10(13)16)19-15(20)22-14(18-19)9-4-5-9/h1,6-9H,4-5H2,2H3. The number of terminal acetylenes is 1. The van der Waals surface area contributed by atoms with Gasteiger partial charge in [-0.1, -0.05) is 28.9 Å². The molecule has 3 rings (SSSR count). The van der Waals surface area contributed by atoms with Gasteiger partial charge in [-0.2, -0.15) is 9.78 Å². The topological polar surface area (TPSA) is 44.1 Å². The number of aromatic nitrogens is 2. The van der Waals surface area contributed by atoms with E-state index in [4.69, 9.17) is 22.8 Å². The molecule has 1 aliphatic rings. The summed E-state index contributed by atoms with van der Waals surface area (Å²) in [5.41, 5.74) is 0.497. The van der Waals surface area contributed by atoms with Gasteiger partial charge in [0, 0.05) is 12.0 Å². The first-order valence-electron chi connectivity index (χ1n) is 6.72. The van der Waals surface area contributed by atoms with Crippen LogP contribution in [0.4, 0.5) is 0 Å². The maximum absolute atomic E-state index is 12.2. The van der Waals surface area contributed by atoms with Crippen molar-refractivity contribution in [3.63, 3.8) is 0 Å². The fraction of sp³-hybridized carbons (Fsp3) is 0.333. The van der Waals surface area contributed by atoms with Crippen LogP contribution in [0, 0.1) is 12.3 Å². The maximum Gasteiger partial charge on any atom is 0.329 e. The van der Waals surface area contributed by atoms with Crippen LogP contribution in [0.2, 0.25) is 5.02 Å². The van der Waals surface area contributed by atoms with Gasteiger partial charge in [-0.25, -0.2) is 0 Å². The monoisotopic (exact) mass is 398 g/mol. The van der Waals surface area contributed by atoms with E-state index < -0.39 is 0 Å². The van der Waals surface area contributed by atoms with E-state index in [1.54, 1.807) is 19.1 Å². The number of nitrogens with zero attached hydrogens (tertiary/aromatic N) is 2. The molecule has 22 heavy (non-hydrogen) atoms. The normalized spacial score (nSPS) is 15.4. The second kappa shape index (κ2) is 6.07. The Morgan fingerprint density at radius 1 is 1.59 bits per heavy atom. The van der Waals surface area contributed by atoms with Crippen molar-refractivity contribution < 1.29 is 4.74 Å². The van der Waals surface area contributed by atoms with Crippen LogP contribution < -0.4 is 9.61 Å². The van der Waals surface area contributed by atoms with E-state index in [2.05, 4.69) is 26.9 Å². The number of rotatable bonds is 4. The van der Waals surface area contributed by atoms with E-state index in [9.17, 15) is 4.79 Å². The molecular weight excluding hydrogens is 388 g/mol. The molecule has 1 aromatic heterocycles. The Balaban J connectivity index is 2.04. The SMILES string of the molecule is C#CC(C)Oc1cc(-n2nc(C3CC3)sc2=O)c(Cl)cc1Br. The Kier molecular flexibility index (Phi) is 4.31. The quantitative estimate of drug-likeness (QED) is 0.730. The average Bonchev–Trinajstić information content (AvgIpc) is 3.25. The molecule has 2 aromatic rings. The summed E-state index contributed by atoms with van der Waals surface area (Å²) < 4.78 is 7.65. The number of benzene rings is 1. The first kappa shape index (κ1) is 15.6. The lowest BCUT2D eigenvalue weighted by Crippen LogP contribution is -2.14. The highest BCUT2D eigenvalue weighted by Crippen LogP contribution is 2.40. The molecule has 1 aliphatic carbocycles. The van der Waals surface area contributed by atoms with Crippen LogP contribution >= 0.6 is 38.9 Å². The third-order valence-corrected chi connectivity index (χ3v) is 5.15. The maximum atomic E-state index is 12.2. The molecule has 1 atom stereocenters. The number of hydrogen-bond donors (Lipinski definition) is 0. The fourth-order valence-corrected chi connectivity index (χ4v) is 3.68. The van der Waals surface area contributed by atoms with Gasteiger partial charge in [-0.05, 0) is 41.8 Å². The highest BCUT2D eigenvalue weighted by atomic mass is 79.9. The van der Waals surface area contributed by atoms with Crippen molar-refractivity contribution in [2.45, 2.75) is 31.8 Å². The Labute approximate surface area is 145 Å². The van der Waals surface area contributed by atoms with Crippen LogP contribution in [0.1, 0.15) is 30.7 Å². The van der Waals surface area contributed by atoms with Crippen LogP contribution in [-0.2, 0) is 0 Å². The number of halogens is 2. The summed E-state index contributed by atoms with van der Waals surface area (Å²) >= 11 is 10.8. The molecule has 7 heteroatoms. The highest BCUT2D eigenvalue weighted by molar-refractivity contribution is 9.10. The van der Waals surface area contributed by atoms with Crippen LogP contribution in [0.15, 0.2) is 21.4 Å². The van der Waals surface area contributed by atoms with Gasteiger partial charge < -0.3 is 4.74 Å². The molecule has 1 aromatic carbocycles. The molecule has 1 fully saturated rings. The van der Waals surface area contributed by atoms with Gasteiger partial charge in [0.25, 0.3) is 0 Å². The largest absolute Gasteiger partial charge is 0.477 e. The second-order valence-electron chi connectivity index (χ2n) is 5.05. The molecule has 0 aliphatic heterocycles. The Morgan fingerprint density at radius 3 is 2.95 bits per heavy atom. The van der Waals surface area contributed by atoms with Crippen molar-refractivity contribution in [1.29, 1.82) is 0 Å². The minimum absolute atomic E-state index is 0.151. The predicted molar refractivity (Wildman–Crippen MR) is 91.3 cm³/mol. The van der Waals surface area contributed by atoms with Gasteiger partial charge in [0.15, 0.2) is 6.10 Å². The van der Waals surface area contributed by atoms with E-state index >= 15 is 0 Å². The molecule has 1 heterocycles. The fourth-order valence-electron chi connectivity index (χ4n) is 1.94. The summed E-state index contributed by atoms with van der Waals surface area (Å²) in [5, 5.41) is 5.68. The molecule has 0 bridgehead atoms. The molecule has 1 saturated carbocycles. The van der Waals surface area contributed by atoms with Gasteiger partial charge in [0.1, 0.15) is 10.8 Å². The predicted octanol–water partition coefficient (Wildman–Crippen LogP) is 3.99. The molecule has 114 valence electrons. The molecule has 0 saturated heterocycles. The zero-order chi connectivity index (χ0) is 15.9. The number of hydrogen-bond acceptors (Lipinski definition) is 4. The van der Waals surface area contributed by atoms with Gasteiger partial charge in [0.05, 0.1) is 15.2 Å². The lowest BCUT2D eigenvalue weighted by atomic mass is 10.3. The summed E-state index contributed by atoms with van der Waals surface area (Å²) in [6, 6.07) is 3.36. The van der Waals surface area contributed by atoms with E-state index in [0.717, 1.165) is 17.8 Å². The molecule has 1 unspecified atom stereocenters. The molecule has 0 radical (unpaired) electrons. The van der Waals surface area contributed by atoms with Gasteiger partial charge in [0.2, 0.25) is 0 Å². The first-order chi connectivity index (χ1) is 10.5. The van der Waals surface area contributed by atoms with Crippen LogP contribution in [0.25, 0.3) is 5.69 Å². The minimum atomic E-state index is -0.389. The van der Waals surface area contributed by atoms with Crippen LogP contribution in [0.5, 0.6) is 5.75 Å². The highest BCUT2D eigenvalue weighted by Gasteiger charge is 2.28. The number of ether oxygens (including phenoxy) is 1. The molecule has 0 N–H and O–H groups in total. The van der Waals surface area contributed by atoms with E-state index in [-0.39, 0.29) is 11.0 Å². The van der Waals surface area contributed by atoms with E-state index in [0.29, 0.717) is 26.9 Å². The second-order valence-corrected chi connectivity index (χ2v) is 7.29. The third-order valence-electron chi connectivity index (χ3n) is 3.26. The Hall–Kier alpha value is -1.29. The Bertz CT molecular complexity index is 820. The van der Waals surface area contributed by atoms with E-state index in [1.807, 2.05) is 0 Å². The van der Waals surface area contributed by atoms with Crippen molar-refractivity contribution in [3.8, 4) is 23.8 Å². The van der Waals surface area contributed by atoms with Gasteiger partial charge in [-0.15, -0.1) is 6.42 Å². The lowest BCUT2D eigenvalue weighted by Gasteiger charge is -2.13. The van der Waals surface area contributed by atoms with Gasteiger partial charge in [-0.3, -0.25) is 4.79 Å². The van der Waals surface area contributed by atoms with Crippen molar-refractivity contribution in [3.05, 3.63) is 36.3 Å². The molecule has 0 spiro atoms. The minimum Gasteiger partial charge on any atom is -0.477 e. The zero-order valence-corrected chi connectivity index (χ0v) is 14.8. The zero-order valence-electron chi connectivity index (χ0n) is 11.7. The molecular formula is C15H12BrClN2O2S. The summed E-state index contributed by atoms with van der Waals surface area (Å²) in [5.74, 6) is 3.44. The van der Waals surface area contributed by atoms with Crippen molar-refractivity contribution >= 4 is 38.9 Å². The van der Waals surface area contributed by atoms with Crippen molar-refractivity contribution in [1.82, 2.24) is 9.78 Å². The van der Waals surface area contributed by atoms with Crippen LogP contribution in [-0.4, -0.2) is 15.9 Å². The van der Waals surface area contributed by atoms with E-state index in [1.165, 1.54) is 16.0 Å². The Morgan fingerprint density at radius 2 is 2.32 bits per heavy atom. The molecule has 4 nitrogen and oxygen atoms in total. The van der Waals surface area contributed by atoms with Crippen molar-refractivity contribution in [2.75, 3.05) is 0 Å². The molecule has 0 amide bonds. The third kappa shape index (κ3) is 3.07. The first-order valence-corrected chi connectivity index (χ1v) is 8.70. The summed E-state index contributed by atoms with van der Waals surface area (Å²) in [7, 11) is 0. The summed E-state index contributed by atoms with van der Waals surface area (Å²) in [6.45, 7) is 1.76. The smallest absolute Gasteiger partial charge is 0.329 e. The summed E-state index contributed by atoms with van der Waals surface area (Å²) in [6.07, 6.45) is 7.13. The van der Waals surface area contributed by atoms with Crippen LogP contribution in [0.3, 0.4) is 0 Å².